The molecule has 0 spiro atoms. The number of hydrogen-bond donors (Lipinski definition) is 2. The van der Waals surface area contributed by atoms with Gasteiger partial charge in [-0.2, -0.15) is 0 Å². The van der Waals surface area contributed by atoms with Gasteiger partial charge in [-0.1, -0.05) is 20.3 Å². The van der Waals surface area contributed by atoms with Crippen LogP contribution in [0.5, 0.6) is 0 Å². The lowest BCUT2D eigenvalue weighted by Crippen LogP contribution is -2.45. The van der Waals surface area contributed by atoms with E-state index in [2.05, 4.69) is 5.32 Å². The molecular formula is C13H25N3O2. The number of carbonyl (C=O) groups is 2. The Hall–Kier alpha value is -1.10. The minimum atomic E-state index is -0.475. The van der Waals surface area contributed by atoms with Gasteiger partial charge in [0.05, 0.1) is 6.04 Å². The van der Waals surface area contributed by atoms with Crippen molar-refractivity contribution in [3.8, 4) is 0 Å². The summed E-state index contributed by atoms with van der Waals surface area (Å²) in [7, 11) is 0. The largest absolute Gasteiger partial charge is 0.354 e. The van der Waals surface area contributed by atoms with Gasteiger partial charge in [-0.25, -0.2) is 0 Å². The molecule has 0 aliphatic carbocycles. The van der Waals surface area contributed by atoms with E-state index in [1.54, 1.807) is 0 Å². The lowest BCUT2D eigenvalue weighted by atomic mass is 9.99. The van der Waals surface area contributed by atoms with Crippen LogP contribution in [0.4, 0.5) is 0 Å². The molecule has 2 amide bonds. The quantitative estimate of drug-likeness (QED) is 0.725. The van der Waals surface area contributed by atoms with Crippen molar-refractivity contribution in [2.24, 2.45) is 11.7 Å². The fourth-order valence-corrected chi connectivity index (χ4v) is 2.05. The number of nitrogens with one attached hydrogen (secondary N) is 1. The predicted molar refractivity (Wildman–Crippen MR) is 70.9 cm³/mol. The van der Waals surface area contributed by atoms with Gasteiger partial charge in [0.25, 0.3) is 0 Å². The van der Waals surface area contributed by atoms with Crippen molar-refractivity contribution in [3.05, 3.63) is 0 Å². The maximum atomic E-state index is 11.7. The first-order valence-electron chi connectivity index (χ1n) is 6.87. The van der Waals surface area contributed by atoms with E-state index in [1.807, 2.05) is 18.7 Å². The lowest BCUT2D eigenvalue weighted by molar-refractivity contribution is -0.130. The minimum Gasteiger partial charge on any atom is -0.354 e. The van der Waals surface area contributed by atoms with Gasteiger partial charge in [-0.3, -0.25) is 9.59 Å². The summed E-state index contributed by atoms with van der Waals surface area (Å²) >= 11 is 0. The zero-order valence-electron chi connectivity index (χ0n) is 11.4. The molecule has 1 rings (SSSR count). The van der Waals surface area contributed by atoms with Crippen LogP contribution in [-0.4, -0.2) is 42.4 Å². The number of amides is 2. The molecule has 1 fully saturated rings. The van der Waals surface area contributed by atoms with E-state index in [9.17, 15) is 9.59 Å². The maximum absolute atomic E-state index is 11.7. The molecule has 5 heteroatoms. The number of nitrogens with zero attached hydrogens (tertiary/aromatic N) is 1. The van der Waals surface area contributed by atoms with Crippen LogP contribution in [0.25, 0.3) is 0 Å². The highest BCUT2D eigenvalue weighted by Gasteiger charge is 2.20. The van der Waals surface area contributed by atoms with Crippen LogP contribution in [0.15, 0.2) is 0 Å². The average molecular weight is 255 g/mol. The molecule has 2 unspecified atom stereocenters. The fraction of sp³-hybridized carbons (Fsp3) is 0.846. The van der Waals surface area contributed by atoms with Crippen molar-refractivity contribution >= 4 is 11.8 Å². The summed E-state index contributed by atoms with van der Waals surface area (Å²) in [5, 5.41) is 2.74. The van der Waals surface area contributed by atoms with E-state index in [0.717, 1.165) is 32.4 Å². The molecule has 1 heterocycles. The van der Waals surface area contributed by atoms with Crippen LogP contribution in [0.3, 0.4) is 0 Å². The molecule has 0 radical (unpaired) electrons. The summed E-state index contributed by atoms with van der Waals surface area (Å²) in [5.74, 6) is 0.141. The van der Waals surface area contributed by atoms with Gasteiger partial charge in [0.2, 0.25) is 11.8 Å². The Balaban J connectivity index is 2.20. The van der Waals surface area contributed by atoms with E-state index in [4.69, 9.17) is 5.73 Å². The molecule has 0 aromatic rings. The van der Waals surface area contributed by atoms with Crippen LogP contribution in [0.1, 0.15) is 39.5 Å². The Morgan fingerprint density at radius 3 is 2.50 bits per heavy atom. The molecule has 1 aliphatic heterocycles. The summed E-state index contributed by atoms with van der Waals surface area (Å²) in [5.41, 5.74) is 5.80. The molecule has 1 saturated heterocycles. The monoisotopic (exact) mass is 255 g/mol. The van der Waals surface area contributed by atoms with E-state index >= 15 is 0 Å². The van der Waals surface area contributed by atoms with Crippen LogP contribution < -0.4 is 11.1 Å². The molecule has 0 aromatic carbocycles. The molecule has 0 saturated carbocycles. The van der Waals surface area contributed by atoms with E-state index in [0.29, 0.717) is 13.0 Å². The molecule has 0 aromatic heterocycles. The Morgan fingerprint density at radius 2 is 1.94 bits per heavy atom. The van der Waals surface area contributed by atoms with E-state index in [-0.39, 0.29) is 17.7 Å². The van der Waals surface area contributed by atoms with Crippen LogP contribution >= 0.6 is 0 Å². The predicted octanol–water partition coefficient (Wildman–Crippen LogP) is 0.489. The SMILES string of the molecule is CCC(C)C(N)C(=O)NCCC(=O)N1CCCC1. The van der Waals surface area contributed by atoms with Gasteiger partial charge in [0, 0.05) is 26.1 Å². The third-order valence-corrected chi connectivity index (χ3v) is 3.66. The van der Waals surface area contributed by atoms with Crippen molar-refractivity contribution in [1.82, 2.24) is 10.2 Å². The Bertz CT molecular complexity index is 288. The maximum Gasteiger partial charge on any atom is 0.237 e. The van der Waals surface area contributed by atoms with Gasteiger partial charge in [-0.15, -0.1) is 0 Å². The van der Waals surface area contributed by atoms with Crippen molar-refractivity contribution < 1.29 is 9.59 Å². The standard InChI is InChI=1S/C13H25N3O2/c1-3-10(2)12(14)13(18)15-7-6-11(17)16-8-4-5-9-16/h10,12H,3-9,14H2,1-2H3,(H,15,18). The molecule has 104 valence electrons. The number of hydrogen-bond acceptors (Lipinski definition) is 3. The van der Waals surface area contributed by atoms with E-state index in [1.165, 1.54) is 0 Å². The fourth-order valence-electron chi connectivity index (χ4n) is 2.05. The van der Waals surface area contributed by atoms with Gasteiger partial charge in [-0.05, 0) is 18.8 Å². The average Bonchev–Trinajstić information content (AvgIpc) is 2.90. The third-order valence-electron chi connectivity index (χ3n) is 3.66. The molecular weight excluding hydrogens is 230 g/mol. The third kappa shape index (κ3) is 4.29. The second kappa shape index (κ2) is 7.36. The summed E-state index contributed by atoms with van der Waals surface area (Å²) < 4.78 is 0. The number of likely N-dealkylation sites (tertiary alicyclic amines) is 1. The Labute approximate surface area is 109 Å². The van der Waals surface area contributed by atoms with Gasteiger partial charge >= 0.3 is 0 Å². The Morgan fingerprint density at radius 1 is 1.33 bits per heavy atom. The van der Waals surface area contributed by atoms with Crippen molar-refractivity contribution in [3.63, 3.8) is 0 Å². The second-order valence-corrected chi connectivity index (χ2v) is 5.04. The molecule has 5 nitrogen and oxygen atoms in total. The van der Waals surface area contributed by atoms with Crippen molar-refractivity contribution in [1.29, 1.82) is 0 Å². The molecule has 3 N–H and O–H groups in total. The smallest absolute Gasteiger partial charge is 0.237 e. The number of nitrogens with two attached hydrogens (primary N) is 1. The van der Waals surface area contributed by atoms with Gasteiger partial charge < -0.3 is 16.0 Å². The first-order valence-corrected chi connectivity index (χ1v) is 6.87. The van der Waals surface area contributed by atoms with E-state index < -0.39 is 6.04 Å². The number of carbonyl (C=O) groups excluding carboxylic acids is 2. The minimum absolute atomic E-state index is 0.130. The summed E-state index contributed by atoms with van der Waals surface area (Å²) in [6.07, 6.45) is 3.44. The molecule has 0 bridgehead atoms. The molecule has 2 atom stereocenters. The number of rotatable bonds is 6. The zero-order chi connectivity index (χ0) is 13.5. The lowest BCUT2D eigenvalue weighted by Gasteiger charge is -2.18. The highest BCUT2D eigenvalue weighted by Crippen LogP contribution is 2.08. The van der Waals surface area contributed by atoms with Gasteiger partial charge in [0.15, 0.2) is 0 Å². The zero-order valence-corrected chi connectivity index (χ0v) is 11.4. The molecule has 18 heavy (non-hydrogen) atoms. The van der Waals surface area contributed by atoms with Crippen molar-refractivity contribution in [2.75, 3.05) is 19.6 Å². The van der Waals surface area contributed by atoms with Gasteiger partial charge in [0.1, 0.15) is 0 Å². The summed E-state index contributed by atoms with van der Waals surface area (Å²) in [6, 6.07) is -0.475. The van der Waals surface area contributed by atoms with Crippen LogP contribution in [0.2, 0.25) is 0 Å². The summed E-state index contributed by atoms with van der Waals surface area (Å²) in [6.45, 7) is 6.07. The second-order valence-electron chi connectivity index (χ2n) is 5.04. The highest BCUT2D eigenvalue weighted by molar-refractivity contribution is 5.82. The summed E-state index contributed by atoms with van der Waals surface area (Å²) in [4.78, 5) is 25.3. The van der Waals surface area contributed by atoms with Crippen LogP contribution in [-0.2, 0) is 9.59 Å². The normalized spacial score (nSPS) is 18.5. The highest BCUT2D eigenvalue weighted by atomic mass is 16.2. The van der Waals surface area contributed by atoms with Crippen LogP contribution in [0, 0.1) is 5.92 Å². The topological polar surface area (TPSA) is 75.4 Å². The first-order chi connectivity index (χ1) is 8.56. The first kappa shape index (κ1) is 15.0. The molecule has 1 aliphatic rings. The van der Waals surface area contributed by atoms with Crippen molar-refractivity contribution in [2.45, 2.75) is 45.6 Å². The Kier molecular flexibility index (Phi) is 6.12.